The first kappa shape index (κ1) is 15.2. The van der Waals surface area contributed by atoms with E-state index in [-0.39, 0.29) is 0 Å². The maximum Gasteiger partial charge on any atom is 0.139 e. The summed E-state index contributed by atoms with van der Waals surface area (Å²) >= 11 is 5.61. The number of rotatable bonds is 3. The maximum atomic E-state index is 6.06. The molecular formula is C17H22ClNO. The number of nitrogens with zero attached hydrogens (tertiary/aromatic N) is 1. The summed E-state index contributed by atoms with van der Waals surface area (Å²) in [5.74, 6) is 9.01. The SMILES string of the molecule is CC1CCC(Oc2cncc(C#CCCCl)c2)CC1C. The molecule has 1 aromatic rings. The molecule has 1 aromatic heterocycles. The third-order valence-electron chi connectivity index (χ3n) is 4.02. The van der Waals surface area contributed by atoms with Crippen LogP contribution in [0.3, 0.4) is 0 Å². The Labute approximate surface area is 126 Å². The predicted molar refractivity (Wildman–Crippen MR) is 83.0 cm³/mol. The van der Waals surface area contributed by atoms with Crippen LogP contribution in [0.1, 0.15) is 45.1 Å². The highest BCUT2D eigenvalue weighted by molar-refractivity contribution is 6.18. The van der Waals surface area contributed by atoms with Crippen molar-refractivity contribution in [2.75, 3.05) is 5.88 Å². The Morgan fingerprint density at radius 3 is 2.90 bits per heavy atom. The molecule has 0 amide bonds. The van der Waals surface area contributed by atoms with E-state index < -0.39 is 0 Å². The van der Waals surface area contributed by atoms with Crippen molar-refractivity contribution in [3.8, 4) is 17.6 Å². The summed E-state index contributed by atoms with van der Waals surface area (Å²) in [5.41, 5.74) is 0.893. The molecule has 1 saturated carbocycles. The monoisotopic (exact) mass is 291 g/mol. The van der Waals surface area contributed by atoms with E-state index in [9.17, 15) is 0 Å². The zero-order chi connectivity index (χ0) is 14.4. The van der Waals surface area contributed by atoms with E-state index in [2.05, 4.69) is 30.7 Å². The number of ether oxygens (including phenoxy) is 1. The Balaban J connectivity index is 1.96. The zero-order valence-corrected chi connectivity index (χ0v) is 13.0. The molecule has 3 unspecified atom stereocenters. The number of alkyl halides is 1. The van der Waals surface area contributed by atoms with E-state index in [0.717, 1.165) is 36.0 Å². The molecule has 3 heteroatoms. The first-order chi connectivity index (χ1) is 9.69. The second-order valence-electron chi connectivity index (χ2n) is 5.66. The first-order valence-corrected chi connectivity index (χ1v) is 7.89. The van der Waals surface area contributed by atoms with Crippen LogP contribution in [0.4, 0.5) is 0 Å². The number of hydrogen-bond donors (Lipinski definition) is 0. The van der Waals surface area contributed by atoms with Crippen LogP contribution in [-0.4, -0.2) is 17.0 Å². The molecule has 108 valence electrons. The minimum absolute atomic E-state index is 0.314. The fourth-order valence-electron chi connectivity index (χ4n) is 2.56. The van der Waals surface area contributed by atoms with Gasteiger partial charge in [0.1, 0.15) is 5.75 Å². The topological polar surface area (TPSA) is 22.1 Å². The van der Waals surface area contributed by atoms with Gasteiger partial charge in [-0.3, -0.25) is 4.98 Å². The lowest BCUT2D eigenvalue weighted by Gasteiger charge is -2.32. The highest BCUT2D eigenvalue weighted by Gasteiger charge is 2.25. The molecule has 20 heavy (non-hydrogen) atoms. The van der Waals surface area contributed by atoms with Gasteiger partial charge in [-0.1, -0.05) is 25.7 Å². The molecule has 0 bridgehead atoms. The lowest BCUT2D eigenvalue weighted by atomic mass is 9.80. The first-order valence-electron chi connectivity index (χ1n) is 7.35. The van der Waals surface area contributed by atoms with Crippen LogP contribution in [-0.2, 0) is 0 Å². The van der Waals surface area contributed by atoms with Crippen molar-refractivity contribution in [3.63, 3.8) is 0 Å². The Kier molecular flexibility index (Phi) is 5.73. The van der Waals surface area contributed by atoms with Gasteiger partial charge in [-0.25, -0.2) is 0 Å². The summed E-state index contributed by atoms with van der Waals surface area (Å²) in [6, 6.07) is 1.97. The van der Waals surface area contributed by atoms with Crippen LogP contribution in [0.2, 0.25) is 0 Å². The summed E-state index contributed by atoms with van der Waals surface area (Å²) in [6.45, 7) is 4.64. The average Bonchev–Trinajstić information content (AvgIpc) is 2.44. The van der Waals surface area contributed by atoms with E-state index in [0.29, 0.717) is 18.4 Å². The molecule has 1 aliphatic carbocycles. The van der Waals surface area contributed by atoms with Crippen molar-refractivity contribution in [1.29, 1.82) is 0 Å². The van der Waals surface area contributed by atoms with E-state index >= 15 is 0 Å². The second kappa shape index (κ2) is 7.55. The van der Waals surface area contributed by atoms with E-state index in [1.165, 1.54) is 6.42 Å². The van der Waals surface area contributed by atoms with Crippen molar-refractivity contribution >= 4 is 11.6 Å². The van der Waals surface area contributed by atoms with Gasteiger partial charge in [0.15, 0.2) is 0 Å². The van der Waals surface area contributed by atoms with Gasteiger partial charge < -0.3 is 4.74 Å². The molecule has 2 rings (SSSR count). The maximum absolute atomic E-state index is 6.06. The lowest BCUT2D eigenvalue weighted by Crippen LogP contribution is -2.28. The minimum atomic E-state index is 0.314. The van der Waals surface area contributed by atoms with Crippen molar-refractivity contribution < 1.29 is 4.74 Å². The van der Waals surface area contributed by atoms with Crippen LogP contribution in [0.15, 0.2) is 18.5 Å². The van der Waals surface area contributed by atoms with Gasteiger partial charge in [-0.05, 0) is 37.2 Å². The Morgan fingerprint density at radius 1 is 1.30 bits per heavy atom. The Bertz CT molecular complexity index is 491. The van der Waals surface area contributed by atoms with Gasteiger partial charge in [-0.2, -0.15) is 0 Å². The Hall–Kier alpha value is -1.20. The predicted octanol–water partition coefficient (Wildman–Crippen LogP) is 4.27. The van der Waals surface area contributed by atoms with Crippen molar-refractivity contribution in [3.05, 3.63) is 24.0 Å². The van der Waals surface area contributed by atoms with Crippen LogP contribution in [0, 0.1) is 23.7 Å². The quantitative estimate of drug-likeness (QED) is 0.613. The van der Waals surface area contributed by atoms with Gasteiger partial charge in [0, 0.05) is 24.1 Å². The summed E-state index contributed by atoms with van der Waals surface area (Å²) in [6.07, 6.45) is 8.06. The Morgan fingerprint density at radius 2 is 2.15 bits per heavy atom. The minimum Gasteiger partial charge on any atom is -0.489 e. The molecule has 1 aliphatic rings. The van der Waals surface area contributed by atoms with E-state index in [4.69, 9.17) is 16.3 Å². The van der Waals surface area contributed by atoms with Gasteiger partial charge in [0.2, 0.25) is 0 Å². The molecule has 0 radical (unpaired) electrons. The molecular weight excluding hydrogens is 270 g/mol. The number of hydrogen-bond acceptors (Lipinski definition) is 2. The molecule has 1 fully saturated rings. The molecule has 2 nitrogen and oxygen atoms in total. The van der Waals surface area contributed by atoms with Gasteiger partial charge in [0.25, 0.3) is 0 Å². The molecule has 0 saturated heterocycles. The van der Waals surface area contributed by atoms with Crippen molar-refractivity contribution in [1.82, 2.24) is 4.98 Å². The highest BCUT2D eigenvalue weighted by atomic mass is 35.5. The van der Waals surface area contributed by atoms with Crippen LogP contribution in [0.25, 0.3) is 0 Å². The van der Waals surface area contributed by atoms with Crippen LogP contribution < -0.4 is 4.74 Å². The second-order valence-corrected chi connectivity index (χ2v) is 6.04. The summed E-state index contributed by atoms with van der Waals surface area (Å²) in [4.78, 5) is 4.20. The molecule has 0 aromatic carbocycles. The molecule has 3 atom stereocenters. The van der Waals surface area contributed by atoms with E-state index in [1.807, 2.05) is 6.07 Å². The largest absolute Gasteiger partial charge is 0.489 e. The normalized spacial score (nSPS) is 25.6. The summed E-state index contributed by atoms with van der Waals surface area (Å²) < 4.78 is 6.06. The summed E-state index contributed by atoms with van der Waals surface area (Å²) in [7, 11) is 0. The highest BCUT2D eigenvalue weighted by Crippen LogP contribution is 2.31. The number of aromatic nitrogens is 1. The molecule has 0 aliphatic heterocycles. The third-order valence-corrected chi connectivity index (χ3v) is 4.21. The van der Waals surface area contributed by atoms with Gasteiger partial charge in [0.05, 0.1) is 12.3 Å². The van der Waals surface area contributed by atoms with Gasteiger partial charge >= 0.3 is 0 Å². The third kappa shape index (κ3) is 4.42. The zero-order valence-electron chi connectivity index (χ0n) is 12.2. The van der Waals surface area contributed by atoms with Crippen LogP contribution in [0.5, 0.6) is 5.75 Å². The van der Waals surface area contributed by atoms with E-state index in [1.54, 1.807) is 12.4 Å². The van der Waals surface area contributed by atoms with Crippen molar-refractivity contribution in [2.45, 2.75) is 45.6 Å². The number of halogens is 1. The van der Waals surface area contributed by atoms with Crippen LogP contribution >= 0.6 is 11.6 Å². The fourth-order valence-corrected chi connectivity index (χ4v) is 2.66. The standard InChI is InChI=1S/C17H22ClNO/c1-13-6-7-16(9-14(13)2)20-17-10-15(11-19-12-17)5-3-4-8-18/h10-14,16H,4,6-9H2,1-2H3. The fraction of sp³-hybridized carbons (Fsp3) is 0.588. The molecule has 0 N–H and O–H groups in total. The summed E-state index contributed by atoms with van der Waals surface area (Å²) in [5, 5.41) is 0. The molecule has 1 heterocycles. The average molecular weight is 292 g/mol. The smallest absolute Gasteiger partial charge is 0.139 e. The molecule has 0 spiro atoms. The number of pyridine rings is 1. The van der Waals surface area contributed by atoms with Crippen molar-refractivity contribution in [2.24, 2.45) is 11.8 Å². The lowest BCUT2D eigenvalue weighted by molar-refractivity contribution is 0.100. The van der Waals surface area contributed by atoms with Gasteiger partial charge in [-0.15, -0.1) is 11.6 Å².